The minimum Gasteiger partial charge on any atom is -0.493 e. The van der Waals surface area contributed by atoms with E-state index in [-0.39, 0.29) is 23.9 Å². The van der Waals surface area contributed by atoms with E-state index in [2.05, 4.69) is 34.0 Å². The van der Waals surface area contributed by atoms with Crippen LogP contribution >= 0.6 is 22.9 Å². The Hall–Kier alpha value is -4.68. The number of para-hydroxylation sites is 1. The van der Waals surface area contributed by atoms with Gasteiger partial charge in [-0.05, 0) is 49.8 Å². The molecule has 1 fully saturated rings. The van der Waals surface area contributed by atoms with Gasteiger partial charge in [0.15, 0.2) is 28.3 Å². The summed E-state index contributed by atoms with van der Waals surface area (Å²) in [6, 6.07) is 11.1. The fourth-order valence-corrected chi connectivity index (χ4v) is 6.42. The molecule has 2 atom stereocenters. The minimum absolute atomic E-state index is 0.00221. The Balaban J connectivity index is 1.21. The summed E-state index contributed by atoms with van der Waals surface area (Å²) < 4.78 is 11.7. The van der Waals surface area contributed by atoms with Crippen LogP contribution in [0.3, 0.4) is 0 Å². The maximum atomic E-state index is 12.9. The predicted octanol–water partition coefficient (Wildman–Crippen LogP) is 5.55. The Bertz CT molecular complexity index is 1740. The van der Waals surface area contributed by atoms with Gasteiger partial charge in [-0.2, -0.15) is 0 Å². The number of rotatable bonds is 7. The molecule has 44 heavy (non-hydrogen) atoms. The molecule has 0 bridgehead atoms. The Morgan fingerprint density at radius 2 is 2.05 bits per heavy atom. The van der Waals surface area contributed by atoms with E-state index >= 15 is 0 Å². The summed E-state index contributed by atoms with van der Waals surface area (Å²) in [7, 11) is 1.56. The van der Waals surface area contributed by atoms with E-state index in [1.54, 1.807) is 30.3 Å². The third kappa shape index (κ3) is 5.65. The second kappa shape index (κ2) is 12.1. The first-order valence-corrected chi connectivity index (χ1v) is 15.1. The number of nitrogens with zero attached hydrogens (tertiary/aromatic N) is 5. The number of carbonyl (C=O) groups is 2. The highest BCUT2D eigenvalue weighted by molar-refractivity contribution is 7.17. The number of hydrogen-bond acceptors (Lipinski definition) is 10. The molecular weight excluding hydrogens is 602 g/mol. The van der Waals surface area contributed by atoms with Gasteiger partial charge in [0.2, 0.25) is 5.91 Å². The highest BCUT2D eigenvalue weighted by Gasteiger charge is 2.39. The van der Waals surface area contributed by atoms with Crippen LogP contribution in [0.4, 0.5) is 22.5 Å². The molecule has 5 heterocycles. The number of amides is 2. The number of carbonyl (C=O) groups excluding carboxylic acids is 2. The second-order valence-corrected chi connectivity index (χ2v) is 11.9. The number of benzene rings is 1. The molecule has 1 aromatic carbocycles. The lowest BCUT2D eigenvalue weighted by Crippen LogP contribution is -2.62. The molecule has 1 saturated heterocycles. The average molecular weight is 632 g/mol. The van der Waals surface area contributed by atoms with Gasteiger partial charge in [0.25, 0.3) is 5.91 Å². The van der Waals surface area contributed by atoms with Crippen molar-refractivity contribution >= 4 is 57.2 Å². The Labute approximate surface area is 263 Å². The van der Waals surface area contributed by atoms with E-state index in [1.165, 1.54) is 23.6 Å². The lowest BCUT2D eigenvalue weighted by molar-refractivity contribution is -0.127. The van der Waals surface area contributed by atoms with E-state index in [0.717, 1.165) is 16.9 Å². The lowest BCUT2D eigenvalue weighted by atomic mass is 10.0. The van der Waals surface area contributed by atoms with Crippen LogP contribution in [0.25, 0.3) is 11.3 Å². The standard InChI is InChI=1S/C31H30ClN7O4S/c1-5-26(40)38-14-18(3)39-20(15-38)16-43-24-11-19(12-33-29(24)39)22-9-10-23(42-4)28(35-22)37-31-34-13-25(44-31)30(41)36-27-17(2)7-6-8-21(27)32/h5-13,18,20H,1,14-16H2,2-4H3,(H,36,41)(H,34,35,37). The third-order valence-corrected chi connectivity index (χ3v) is 8.79. The number of hydrogen-bond donors (Lipinski definition) is 2. The number of fused-ring (bicyclic) bond motifs is 3. The predicted molar refractivity (Wildman–Crippen MR) is 172 cm³/mol. The zero-order valence-corrected chi connectivity index (χ0v) is 25.9. The Kier molecular flexibility index (Phi) is 8.11. The zero-order valence-electron chi connectivity index (χ0n) is 24.3. The number of aromatic nitrogens is 3. The molecule has 0 saturated carbocycles. The van der Waals surface area contributed by atoms with Crippen LogP contribution in [0.1, 0.15) is 22.2 Å². The van der Waals surface area contributed by atoms with Crippen molar-refractivity contribution in [3.63, 3.8) is 0 Å². The number of thiazole rings is 1. The van der Waals surface area contributed by atoms with Gasteiger partial charge in [0.1, 0.15) is 11.5 Å². The largest absolute Gasteiger partial charge is 0.493 e. The van der Waals surface area contributed by atoms with Crippen LogP contribution in [0.2, 0.25) is 5.02 Å². The summed E-state index contributed by atoms with van der Waals surface area (Å²) in [5.41, 5.74) is 2.83. The zero-order chi connectivity index (χ0) is 31.0. The topological polar surface area (TPSA) is 122 Å². The van der Waals surface area contributed by atoms with Gasteiger partial charge in [-0.3, -0.25) is 9.59 Å². The number of ether oxygens (including phenoxy) is 2. The molecule has 2 aliphatic heterocycles. The molecule has 0 spiro atoms. The highest BCUT2D eigenvalue weighted by atomic mass is 35.5. The highest BCUT2D eigenvalue weighted by Crippen LogP contribution is 2.39. The van der Waals surface area contributed by atoms with Crippen LogP contribution in [-0.2, 0) is 4.79 Å². The SMILES string of the molecule is C=CC(=O)N1CC(C)N2c3ncc(-c4ccc(OC)c(Nc5ncc(C(=O)Nc6c(C)cccc6Cl)s5)n4)cc3OCC2C1. The van der Waals surface area contributed by atoms with Crippen LogP contribution < -0.4 is 25.0 Å². The van der Waals surface area contributed by atoms with Crippen molar-refractivity contribution in [2.45, 2.75) is 25.9 Å². The number of methoxy groups -OCH3 is 1. The summed E-state index contributed by atoms with van der Waals surface area (Å²) in [6.45, 7) is 9.14. The Morgan fingerprint density at radius 3 is 2.82 bits per heavy atom. The summed E-state index contributed by atoms with van der Waals surface area (Å²) in [6.07, 6.45) is 4.61. The molecule has 6 rings (SSSR count). The van der Waals surface area contributed by atoms with E-state index in [9.17, 15) is 9.59 Å². The molecule has 0 aliphatic carbocycles. The average Bonchev–Trinajstić information content (AvgIpc) is 3.50. The fourth-order valence-electron chi connectivity index (χ4n) is 5.44. The molecule has 3 aromatic heterocycles. The number of halogens is 1. The molecule has 4 aromatic rings. The van der Waals surface area contributed by atoms with Crippen molar-refractivity contribution in [3.05, 3.63) is 76.9 Å². The summed E-state index contributed by atoms with van der Waals surface area (Å²) in [4.78, 5) is 43.5. The van der Waals surface area contributed by atoms with E-state index in [4.69, 9.17) is 31.0 Å². The van der Waals surface area contributed by atoms with E-state index in [0.29, 0.717) is 63.4 Å². The summed E-state index contributed by atoms with van der Waals surface area (Å²) in [5.74, 6) is 1.95. The first-order valence-electron chi connectivity index (χ1n) is 13.9. The first kappa shape index (κ1) is 29.4. The van der Waals surface area contributed by atoms with Crippen molar-refractivity contribution in [2.75, 3.05) is 42.3 Å². The van der Waals surface area contributed by atoms with Gasteiger partial charge >= 0.3 is 0 Å². The number of anilines is 4. The summed E-state index contributed by atoms with van der Waals surface area (Å²) >= 11 is 7.46. The second-order valence-electron chi connectivity index (χ2n) is 10.5. The van der Waals surface area contributed by atoms with E-state index < -0.39 is 0 Å². The normalized spacial score (nSPS) is 17.2. The molecule has 13 heteroatoms. The first-order chi connectivity index (χ1) is 21.2. The van der Waals surface area contributed by atoms with Gasteiger partial charge in [0.05, 0.1) is 35.8 Å². The number of aryl methyl sites for hydroxylation is 1. The molecular formula is C31H30ClN7O4S. The fraction of sp³-hybridized carbons (Fsp3) is 0.258. The number of piperazine rings is 1. The van der Waals surface area contributed by atoms with E-state index in [1.807, 2.05) is 31.2 Å². The molecule has 2 unspecified atom stereocenters. The van der Waals surface area contributed by atoms with Crippen LogP contribution in [0.15, 0.2) is 61.4 Å². The van der Waals surface area contributed by atoms with Crippen LogP contribution in [-0.4, -0.2) is 70.6 Å². The molecule has 11 nitrogen and oxygen atoms in total. The summed E-state index contributed by atoms with van der Waals surface area (Å²) in [5, 5.41) is 6.98. The van der Waals surface area contributed by atoms with Gasteiger partial charge in [-0.1, -0.05) is 41.6 Å². The van der Waals surface area contributed by atoms with Crippen molar-refractivity contribution in [1.82, 2.24) is 19.9 Å². The minimum atomic E-state index is -0.314. The molecule has 226 valence electrons. The van der Waals surface area contributed by atoms with Crippen molar-refractivity contribution in [2.24, 2.45) is 0 Å². The smallest absolute Gasteiger partial charge is 0.267 e. The van der Waals surface area contributed by atoms with Gasteiger partial charge < -0.3 is 29.9 Å². The van der Waals surface area contributed by atoms with Crippen LogP contribution in [0, 0.1) is 6.92 Å². The number of pyridine rings is 2. The van der Waals surface area contributed by atoms with Crippen molar-refractivity contribution in [1.29, 1.82) is 0 Å². The Morgan fingerprint density at radius 1 is 1.20 bits per heavy atom. The molecule has 2 N–H and O–H groups in total. The molecule has 0 radical (unpaired) electrons. The van der Waals surface area contributed by atoms with Gasteiger partial charge in [-0.15, -0.1) is 0 Å². The molecule has 2 amide bonds. The van der Waals surface area contributed by atoms with Crippen molar-refractivity contribution in [3.8, 4) is 22.8 Å². The monoisotopic (exact) mass is 631 g/mol. The third-order valence-electron chi connectivity index (χ3n) is 7.57. The quantitative estimate of drug-likeness (QED) is 0.253. The number of nitrogens with one attached hydrogen (secondary N) is 2. The van der Waals surface area contributed by atoms with Crippen LogP contribution in [0.5, 0.6) is 11.5 Å². The van der Waals surface area contributed by atoms with Gasteiger partial charge in [0, 0.05) is 30.9 Å². The van der Waals surface area contributed by atoms with Gasteiger partial charge in [-0.25, -0.2) is 15.0 Å². The lowest BCUT2D eigenvalue weighted by Gasteiger charge is -2.48. The maximum absolute atomic E-state index is 12.9. The van der Waals surface area contributed by atoms with Crippen molar-refractivity contribution < 1.29 is 19.1 Å². The molecule has 2 aliphatic rings. The maximum Gasteiger partial charge on any atom is 0.267 e.